The summed E-state index contributed by atoms with van der Waals surface area (Å²) in [6.07, 6.45) is 2.55. The summed E-state index contributed by atoms with van der Waals surface area (Å²) in [7, 11) is 0. The van der Waals surface area contributed by atoms with Crippen molar-refractivity contribution in [3.8, 4) is 11.1 Å². The van der Waals surface area contributed by atoms with Crippen LogP contribution in [-0.4, -0.2) is 22.9 Å². The van der Waals surface area contributed by atoms with Gasteiger partial charge in [0, 0.05) is 41.2 Å². The van der Waals surface area contributed by atoms with Crippen LogP contribution in [-0.2, 0) is 28.9 Å². The Morgan fingerprint density at radius 3 is 2.68 bits per heavy atom. The Hall–Kier alpha value is -3.40. The van der Waals surface area contributed by atoms with Gasteiger partial charge in [-0.2, -0.15) is 0 Å². The lowest BCUT2D eigenvalue weighted by molar-refractivity contribution is -0.143. The Morgan fingerprint density at radius 2 is 1.88 bits per heavy atom. The fourth-order valence-electron chi connectivity index (χ4n) is 6.07. The van der Waals surface area contributed by atoms with Gasteiger partial charge in [-0.05, 0) is 64.8 Å². The van der Waals surface area contributed by atoms with E-state index in [-0.39, 0.29) is 11.8 Å². The molecule has 4 heteroatoms. The Bertz CT molecular complexity index is 1510. The fourth-order valence-corrected chi connectivity index (χ4v) is 6.07. The van der Waals surface area contributed by atoms with Crippen molar-refractivity contribution >= 4 is 33.6 Å². The second kappa shape index (κ2) is 7.83. The Balaban J connectivity index is 1.71. The average Bonchev–Trinajstić information content (AvgIpc) is 3.48. The van der Waals surface area contributed by atoms with E-state index in [1.165, 1.54) is 33.4 Å². The van der Waals surface area contributed by atoms with Crippen LogP contribution in [0.3, 0.4) is 0 Å². The maximum Gasteiger partial charge on any atom is 0.307 e. The van der Waals surface area contributed by atoms with E-state index in [1.807, 2.05) is 6.92 Å². The third kappa shape index (κ3) is 2.97. The molecule has 0 atom stereocenters. The topological polar surface area (TPSA) is 48.3 Å². The predicted octanol–water partition coefficient (Wildman–Crippen LogP) is 6.57. The summed E-state index contributed by atoms with van der Waals surface area (Å²) < 4.78 is 7.52. The smallest absolute Gasteiger partial charge is 0.307 e. The van der Waals surface area contributed by atoms with Gasteiger partial charge in [0.15, 0.2) is 5.78 Å². The molecule has 3 aromatic carbocycles. The maximum absolute atomic E-state index is 13.3. The Morgan fingerprint density at radius 1 is 1.06 bits per heavy atom. The van der Waals surface area contributed by atoms with Crippen LogP contribution in [0.4, 0.5) is 0 Å². The van der Waals surface area contributed by atoms with Crippen molar-refractivity contribution in [3.05, 3.63) is 70.3 Å². The molecule has 0 fully saturated rings. The van der Waals surface area contributed by atoms with Crippen LogP contribution in [0.25, 0.3) is 32.9 Å². The third-order valence-corrected chi connectivity index (χ3v) is 7.57. The molecule has 0 radical (unpaired) electrons. The molecule has 0 amide bonds. The molecule has 0 bridgehead atoms. The molecule has 0 unspecified atom stereocenters. The number of carbonyl (C=O) groups excluding carboxylic acids is 2. The number of rotatable bonds is 5. The van der Waals surface area contributed by atoms with E-state index >= 15 is 0 Å². The van der Waals surface area contributed by atoms with Crippen molar-refractivity contribution in [2.75, 3.05) is 6.61 Å². The minimum absolute atomic E-state index is 0.187. The van der Waals surface area contributed by atoms with Crippen LogP contribution in [0, 0.1) is 0 Å². The van der Waals surface area contributed by atoms with Gasteiger partial charge in [-0.1, -0.05) is 44.2 Å². The number of nitrogens with zero attached hydrogens (tertiary/aromatic N) is 1. The number of fused-ring (bicyclic) bond motifs is 10. The lowest BCUT2D eigenvalue weighted by Gasteiger charge is -2.14. The van der Waals surface area contributed by atoms with Crippen LogP contribution >= 0.6 is 0 Å². The van der Waals surface area contributed by atoms with E-state index < -0.39 is 0 Å². The van der Waals surface area contributed by atoms with Gasteiger partial charge < -0.3 is 9.30 Å². The number of carbonyl (C=O) groups is 2. The first kappa shape index (κ1) is 21.2. The highest BCUT2D eigenvalue weighted by atomic mass is 16.5. The number of aromatic nitrogens is 1. The molecule has 0 N–H and O–H groups in total. The van der Waals surface area contributed by atoms with E-state index in [9.17, 15) is 9.59 Å². The normalized spacial score (nSPS) is 14.2. The Labute approximate surface area is 199 Å². The van der Waals surface area contributed by atoms with Gasteiger partial charge in [0.25, 0.3) is 0 Å². The molecule has 1 aromatic heterocycles. The largest absolute Gasteiger partial charge is 0.466 e. The van der Waals surface area contributed by atoms with E-state index in [0.29, 0.717) is 31.9 Å². The summed E-state index contributed by atoms with van der Waals surface area (Å²) >= 11 is 0. The zero-order chi connectivity index (χ0) is 23.6. The fraction of sp³-hybridized carbons (Fsp3) is 0.333. The summed E-state index contributed by atoms with van der Waals surface area (Å²) in [5.74, 6) is 0.449. The molecule has 4 nitrogen and oxygen atoms in total. The molecule has 0 saturated heterocycles. The van der Waals surface area contributed by atoms with Crippen molar-refractivity contribution in [1.29, 1.82) is 0 Å². The summed E-state index contributed by atoms with van der Waals surface area (Å²) in [4.78, 5) is 25.6. The molecular formula is C30H29NO3. The van der Waals surface area contributed by atoms with Crippen molar-refractivity contribution in [3.63, 3.8) is 0 Å². The highest BCUT2D eigenvalue weighted by Gasteiger charge is 2.35. The molecule has 0 saturated carbocycles. The number of hydrogen-bond donors (Lipinski definition) is 0. The van der Waals surface area contributed by atoms with Gasteiger partial charge in [-0.3, -0.25) is 9.59 Å². The molecule has 1 heterocycles. The second-order valence-electron chi connectivity index (χ2n) is 9.83. The molecular weight excluding hydrogens is 422 g/mol. The molecule has 2 aliphatic carbocycles. The first-order valence-electron chi connectivity index (χ1n) is 12.4. The molecule has 2 aliphatic rings. The van der Waals surface area contributed by atoms with E-state index in [2.05, 4.69) is 60.9 Å². The van der Waals surface area contributed by atoms with Crippen LogP contribution in [0.1, 0.15) is 72.1 Å². The average molecular weight is 452 g/mol. The van der Waals surface area contributed by atoms with E-state index in [1.54, 1.807) is 0 Å². The second-order valence-corrected chi connectivity index (χ2v) is 9.83. The van der Waals surface area contributed by atoms with Gasteiger partial charge in [0.1, 0.15) is 0 Å². The first-order chi connectivity index (χ1) is 16.5. The van der Waals surface area contributed by atoms with Crippen LogP contribution < -0.4 is 0 Å². The number of esters is 1. The molecule has 172 valence electrons. The summed E-state index contributed by atoms with van der Waals surface area (Å²) in [6.45, 7) is 7.16. The van der Waals surface area contributed by atoms with Crippen LogP contribution in [0.2, 0.25) is 0 Å². The van der Waals surface area contributed by atoms with E-state index in [0.717, 1.165) is 40.2 Å². The summed E-state index contributed by atoms with van der Waals surface area (Å²) in [6, 6.07) is 15.2. The maximum atomic E-state index is 13.3. The number of ketones is 1. The molecule has 0 aliphatic heterocycles. The van der Waals surface area contributed by atoms with E-state index in [4.69, 9.17) is 4.74 Å². The molecule has 0 spiro atoms. The first-order valence-corrected chi connectivity index (χ1v) is 12.4. The van der Waals surface area contributed by atoms with Gasteiger partial charge in [0.2, 0.25) is 0 Å². The quantitative estimate of drug-likeness (QED) is 0.284. The number of hydrogen-bond acceptors (Lipinski definition) is 3. The SMILES string of the molecule is CCOC(=O)CCn1c2ccc(C(C)C)cc2c2c3c(c4c(c21)Cc1ccccc1-4)CCC3=O. The third-order valence-electron chi connectivity index (χ3n) is 7.57. The monoisotopic (exact) mass is 451 g/mol. The zero-order valence-corrected chi connectivity index (χ0v) is 20.0. The lowest BCUT2D eigenvalue weighted by atomic mass is 9.91. The van der Waals surface area contributed by atoms with Crippen molar-refractivity contribution in [2.24, 2.45) is 0 Å². The molecule has 6 rings (SSSR count). The number of ether oxygens (including phenoxy) is 1. The van der Waals surface area contributed by atoms with Crippen molar-refractivity contribution in [1.82, 2.24) is 4.57 Å². The van der Waals surface area contributed by atoms with Crippen molar-refractivity contribution < 1.29 is 14.3 Å². The highest BCUT2D eigenvalue weighted by Crippen LogP contribution is 2.50. The molecule has 4 aromatic rings. The minimum Gasteiger partial charge on any atom is -0.466 e. The van der Waals surface area contributed by atoms with Gasteiger partial charge in [-0.15, -0.1) is 0 Å². The number of aryl methyl sites for hydroxylation is 1. The van der Waals surface area contributed by atoms with Crippen LogP contribution in [0.5, 0.6) is 0 Å². The van der Waals surface area contributed by atoms with Gasteiger partial charge >= 0.3 is 5.97 Å². The zero-order valence-electron chi connectivity index (χ0n) is 20.0. The van der Waals surface area contributed by atoms with Gasteiger partial charge in [-0.25, -0.2) is 0 Å². The standard InChI is InChI=1S/C30H29NO3/c1-4-34-26(33)13-14-31-24-11-9-18(17(2)3)15-22(24)29-28-21(10-12-25(28)32)27-20-8-6-5-7-19(20)16-23(27)30(29)31/h5-9,11,15,17H,4,10,12-14,16H2,1-3H3. The number of Topliss-reactive ketones (excluding diaryl/α,β-unsaturated/α-hetero) is 1. The number of benzene rings is 3. The predicted molar refractivity (Wildman–Crippen MR) is 136 cm³/mol. The lowest BCUT2D eigenvalue weighted by Crippen LogP contribution is -2.10. The summed E-state index contributed by atoms with van der Waals surface area (Å²) in [5, 5.41) is 2.22. The van der Waals surface area contributed by atoms with Crippen molar-refractivity contribution in [2.45, 2.75) is 58.9 Å². The Kier molecular flexibility index (Phi) is 4.87. The van der Waals surface area contributed by atoms with Gasteiger partial charge in [0.05, 0.1) is 18.5 Å². The van der Waals surface area contributed by atoms with Crippen LogP contribution in [0.15, 0.2) is 42.5 Å². The molecule has 34 heavy (non-hydrogen) atoms. The highest BCUT2D eigenvalue weighted by molar-refractivity contribution is 6.23. The minimum atomic E-state index is -0.187. The summed E-state index contributed by atoms with van der Waals surface area (Å²) in [5.41, 5.74) is 10.7.